The van der Waals surface area contributed by atoms with Gasteiger partial charge in [0.2, 0.25) is 5.91 Å². The minimum absolute atomic E-state index is 0.352. The fourth-order valence-corrected chi connectivity index (χ4v) is 2.69. The van der Waals surface area contributed by atoms with E-state index in [2.05, 4.69) is 10.6 Å². The van der Waals surface area contributed by atoms with E-state index in [1.165, 1.54) is 0 Å². The summed E-state index contributed by atoms with van der Waals surface area (Å²) >= 11 is 0. The Balaban J connectivity index is 2.08. The molecule has 0 aromatic heterocycles. The summed E-state index contributed by atoms with van der Waals surface area (Å²) in [6, 6.07) is 4.00. The van der Waals surface area contributed by atoms with E-state index in [0.717, 1.165) is 11.3 Å². The minimum Gasteiger partial charge on any atom is -0.494 e. The molecule has 0 aliphatic carbocycles. The number of ether oxygens (including phenoxy) is 2. The average Bonchev–Trinajstić information content (AvgIpc) is 2.85. The number of imide groups is 1. The van der Waals surface area contributed by atoms with Crippen molar-refractivity contribution in [3.05, 3.63) is 18.2 Å². The Kier molecular flexibility index (Phi) is 6.82. The van der Waals surface area contributed by atoms with E-state index < -0.39 is 18.0 Å². The fourth-order valence-electron chi connectivity index (χ4n) is 2.69. The number of rotatable bonds is 9. The van der Waals surface area contributed by atoms with Gasteiger partial charge in [0.25, 0.3) is 5.91 Å². The molecular formula is C18H25N3O5. The molecular weight excluding hydrogens is 338 g/mol. The largest absolute Gasteiger partial charge is 0.494 e. The summed E-state index contributed by atoms with van der Waals surface area (Å²) in [6.07, 6.45) is 1.31. The Morgan fingerprint density at radius 1 is 1.19 bits per heavy atom. The number of anilines is 1. The van der Waals surface area contributed by atoms with Gasteiger partial charge in [0.15, 0.2) is 0 Å². The first-order valence-electron chi connectivity index (χ1n) is 8.81. The van der Waals surface area contributed by atoms with Gasteiger partial charge in [0.1, 0.15) is 24.1 Å². The number of carbonyl (C=O) groups excluding carboxylic acids is 3. The average molecular weight is 363 g/mol. The predicted octanol–water partition coefficient (Wildman–Crippen LogP) is 2.14. The number of nitrogens with zero attached hydrogens (tertiary/aromatic N) is 1. The van der Waals surface area contributed by atoms with Crippen LogP contribution in [0.5, 0.6) is 11.5 Å². The summed E-state index contributed by atoms with van der Waals surface area (Å²) in [7, 11) is 0. The van der Waals surface area contributed by atoms with E-state index in [9.17, 15) is 14.4 Å². The first kappa shape index (κ1) is 19.6. The summed E-state index contributed by atoms with van der Waals surface area (Å²) in [4.78, 5) is 37.5. The van der Waals surface area contributed by atoms with Gasteiger partial charge < -0.3 is 20.1 Å². The molecule has 0 saturated carbocycles. The van der Waals surface area contributed by atoms with Gasteiger partial charge in [0.05, 0.1) is 18.9 Å². The summed E-state index contributed by atoms with van der Waals surface area (Å²) in [5.41, 5.74) is 0.431. The lowest BCUT2D eigenvalue weighted by molar-refractivity contribution is -0.130. The maximum atomic E-state index is 12.4. The quantitative estimate of drug-likeness (QED) is 0.655. The van der Waals surface area contributed by atoms with Crippen molar-refractivity contribution in [1.29, 1.82) is 0 Å². The first-order valence-corrected chi connectivity index (χ1v) is 8.81. The lowest BCUT2D eigenvalue weighted by Crippen LogP contribution is -2.38. The molecule has 1 aliphatic heterocycles. The van der Waals surface area contributed by atoms with Crippen molar-refractivity contribution >= 4 is 23.5 Å². The summed E-state index contributed by atoms with van der Waals surface area (Å²) in [5, 5.41) is 5.29. The highest BCUT2D eigenvalue weighted by atomic mass is 16.5. The molecule has 1 aromatic carbocycles. The molecule has 26 heavy (non-hydrogen) atoms. The lowest BCUT2D eigenvalue weighted by atomic mass is 10.2. The normalized spacial score (nSPS) is 16.4. The molecule has 1 fully saturated rings. The van der Waals surface area contributed by atoms with Crippen molar-refractivity contribution < 1.29 is 23.9 Å². The lowest BCUT2D eigenvalue weighted by Gasteiger charge is -2.16. The second-order valence-corrected chi connectivity index (χ2v) is 5.79. The number of hydrogen-bond acceptors (Lipinski definition) is 5. The maximum absolute atomic E-state index is 12.4. The molecule has 4 amide bonds. The molecule has 0 spiro atoms. The zero-order chi connectivity index (χ0) is 19.1. The molecule has 2 N–H and O–H groups in total. The van der Waals surface area contributed by atoms with E-state index in [4.69, 9.17) is 9.47 Å². The van der Waals surface area contributed by atoms with Crippen molar-refractivity contribution in [2.24, 2.45) is 0 Å². The standard InChI is InChI=1S/C18H25N3O5/c1-4-7-13-17(23)21(18(24)20-13)11-16(22)19-14-10-12(25-5-2)8-9-15(14)26-6-3/h8-10,13H,4-7,11H2,1-3H3,(H,19,22)(H,20,24). The maximum Gasteiger partial charge on any atom is 0.325 e. The van der Waals surface area contributed by atoms with Gasteiger partial charge in [-0.05, 0) is 32.4 Å². The highest BCUT2D eigenvalue weighted by molar-refractivity contribution is 6.08. The molecule has 0 bridgehead atoms. The zero-order valence-corrected chi connectivity index (χ0v) is 15.3. The van der Waals surface area contributed by atoms with E-state index in [1.54, 1.807) is 18.2 Å². The topological polar surface area (TPSA) is 97.0 Å². The third-order valence-corrected chi connectivity index (χ3v) is 3.82. The Labute approximate surface area is 152 Å². The summed E-state index contributed by atoms with van der Waals surface area (Å²) in [6.45, 7) is 6.19. The van der Waals surface area contributed by atoms with Crippen LogP contribution in [0, 0.1) is 0 Å². The summed E-state index contributed by atoms with van der Waals surface area (Å²) in [5.74, 6) is 0.218. The van der Waals surface area contributed by atoms with Crippen molar-refractivity contribution in [3.63, 3.8) is 0 Å². The monoisotopic (exact) mass is 363 g/mol. The Bertz CT molecular complexity index is 677. The van der Waals surface area contributed by atoms with Gasteiger partial charge in [-0.15, -0.1) is 0 Å². The number of hydrogen-bond donors (Lipinski definition) is 2. The predicted molar refractivity (Wildman–Crippen MR) is 96.4 cm³/mol. The molecule has 1 saturated heterocycles. The molecule has 2 rings (SSSR count). The molecule has 142 valence electrons. The Morgan fingerprint density at radius 2 is 1.92 bits per heavy atom. The van der Waals surface area contributed by atoms with Gasteiger partial charge >= 0.3 is 6.03 Å². The van der Waals surface area contributed by atoms with Crippen molar-refractivity contribution in [1.82, 2.24) is 10.2 Å². The number of urea groups is 1. The van der Waals surface area contributed by atoms with E-state index in [-0.39, 0.29) is 12.5 Å². The van der Waals surface area contributed by atoms with Crippen LogP contribution in [0.2, 0.25) is 0 Å². The van der Waals surface area contributed by atoms with Crippen LogP contribution in [0.25, 0.3) is 0 Å². The van der Waals surface area contributed by atoms with E-state index >= 15 is 0 Å². The molecule has 1 aromatic rings. The SMILES string of the molecule is CCCC1NC(=O)N(CC(=O)Nc2cc(OCC)ccc2OCC)C1=O. The van der Waals surface area contributed by atoms with E-state index in [1.807, 2.05) is 20.8 Å². The second kappa shape index (κ2) is 9.07. The number of nitrogens with one attached hydrogen (secondary N) is 2. The Morgan fingerprint density at radius 3 is 2.58 bits per heavy atom. The van der Waals surface area contributed by atoms with Crippen LogP contribution in [0.1, 0.15) is 33.6 Å². The second-order valence-electron chi connectivity index (χ2n) is 5.79. The summed E-state index contributed by atoms with van der Waals surface area (Å²) < 4.78 is 10.9. The van der Waals surface area contributed by atoms with Crippen LogP contribution < -0.4 is 20.1 Å². The number of benzene rings is 1. The minimum atomic E-state index is -0.555. The van der Waals surface area contributed by atoms with Crippen LogP contribution in [-0.2, 0) is 9.59 Å². The van der Waals surface area contributed by atoms with Crippen LogP contribution in [0.3, 0.4) is 0 Å². The number of amides is 4. The van der Waals surface area contributed by atoms with E-state index in [0.29, 0.717) is 36.8 Å². The van der Waals surface area contributed by atoms with Crippen molar-refractivity contribution in [2.75, 3.05) is 25.1 Å². The molecule has 1 heterocycles. The molecule has 8 heteroatoms. The molecule has 1 aliphatic rings. The van der Waals surface area contributed by atoms with Crippen LogP contribution in [-0.4, -0.2) is 48.5 Å². The van der Waals surface area contributed by atoms with Crippen LogP contribution in [0.4, 0.5) is 10.5 Å². The van der Waals surface area contributed by atoms with Gasteiger partial charge in [-0.3, -0.25) is 14.5 Å². The highest BCUT2D eigenvalue weighted by Crippen LogP contribution is 2.29. The van der Waals surface area contributed by atoms with Gasteiger partial charge in [0, 0.05) is 6.07 Å². The molecule has 8 nitrogen and oxygen atoms in total. The fraction of sp³-hybridized carbons (Fsp3) is 0.500. The van der Waals surface area contributed by atoms with Crippen LogP contribution in [0.15, 0.2) is 18.2 Å². The highest BCUT2D eigenvalue weighted by Gasteiger charge is 2.38. The third kappa shape index (κ3) is 4.65. The van der Waals surface area contributed by atoms with Crippen molar-refractivity contribution in [3.8, 4) is 11.5 Å². The third-order valence-electron chi connectivity index (χ3n) is 3.82. The van der Waals surface area contributed by atoms with Gasteiger partial charge in [-0.25, -0.2) is 4.79 Å². The molecule has 1 atom stereocenters. The number of carbonyl (C=O) groups is 3. The van der Waals surface area contributed by atoms with Crippen molar-refractivity contribution in [2.45, 2.75) is 39.7 Å². The first-order chi connectivity index (χ1) is 12.5. The molecule has 1 unspecified atom stereocenters. The van der Waals surface area contributed by atoms with Crippen LogP contribution >= 0.6 is 0 Å². The molecule has 0 radical (unpaired) electrons. The zero-order valence-electron chi connectivity index (χ0n) is 15.3. The smallest absolute Gasteiger partial charge is 0.325 e. The van der Waals surface area contributed by atoms with Gasteiger partial charge in [-0.1, -0.05) is 13.3 Å². The Hall–Kier alpha value is -2.77. The van der Waals surface area contributed by atoms with Gasteiger partial charge in [-0.2, -0.15) is 0 Å².